The minimum atomic E-state index is -0.571. The number of carbonyl (C=O) groups is 2. The van der Waals surface area contributed by atoms with E-state index in [0.717, 1.165) is 0 Å². The molecule has 60 valence electrons. The standard InChI is InChI=1S/C8H10O3/c1-3-6-7(9)4-5(2)11-8(6)10/h4,6H,3H2,1-2H3. The molecular weight excluding hydrogens is 144 g/mol. The van der Waals surface area contributed by atoms with Gasteiger partial charge in [0, 0.05) is 6.08 Å². The van der Waals surface area contributed by atoms with Crippen molar-refractivity contribution >= 4 is 11.8 Å². The first-order chi connectivity index (χ1) is 5.15. The molecule has 1 heterocycles. The molecule has 0 aromatic heterocycles. The molecule has 0 radical (unpaired) electrons. The van der Waals surface area contributed by atoms with Gasteiger partial charge in [0.2, 0.25) is 0 Å². The molecule has 1 rings (SSSR count). The van der Waals surface area contributed by atoms with E-state index in [1.165, 1.54) is 6.08 Å². The Kier molecular flexibility index (Phi) is 2.08. The normalized spacial score (nSPS) is 24.5. The zero-order valence-electron chi connectivity index (χ0n) is 6.59. The number of allylic oxidation sites excluding steroid dienone is 2. The Balaban J connectivity index is 2.86. The summed E-state index contributed by atoms with van der Waals surface area (Å²) in [6.45, 7) is 3.39. The summed E-state index contributed by atoms with van der Waals surface area (Å²) >= 11 is 0. The molecule has 1 aliphatic heterocycles. The quantitative estimate of drug-likeness (QED) is 0.418. The number of hydrogen-bond acceptors (Lipinski definition) is 3. The largest absolute Gasteiger partial charge is 0.431 e. The molecule has 0 aliphatic carbocycles. The molecule has 0 amide bonds. The predicted octanol–water partition coefficient (Wildman–Crippen LogP) is 1.04. The fraction of sp³-hybridized carbons (Fsp3) is 0.500. The van der Waals surface area contributed by atoms with Gasteiger partial charge in [0.15, 0.2) is 5.78 Å². The van der Waals surface area contributed by atoms with Crippen LogP contribution in [0, 0.1) is 5.92 Å². The van der Waals surface area contributed by atoms with Crippen molar-refractivity contribution in [3.8, 4) is 0 Å². The maximum absolute atomic E-state index is 11.1. The number of ether oxygens (including phenoxy) is 1. The molecule has 0 bridgehead atoms. The molecule has 11 heavy (non-hydrogen) atoms. The number of cyclic esters (lactones) is 1. The topological polar surface area (TPSA) is 43.4 Å². The van der Waals surface area contributed by atoms with Crippen LogP contribution in [-0.4, -0.2) is 11.8 Å². The van der Waals surface area contributed by atoms with E-state index in [4.69, 9.17) is 4.74 Å². The first kappa shape index (κ1) is 7.98. The van der Waals surface area contributed by atoms with Crippen molar-refractivity contribution in [1.82, 2.24) is 0 Å². The molecule has 0 aromatic carbocycles. The Labute approximate surface area is 65.0 Å². The van der Waals surface area contributed by atoms with E-state index in [1.807, 2.05) is 0 Å². The molecule has 3 heteroatoms. The van der Waals surface area contributed by atoms with Crippen LogP contribution in [-0.2, 0) is 14.3 Å². The minimum absolute atomic E-state index is 0.138. The maximum Gasteiger partial charge on any atom is 0.321 e. The fourth-order valence-electron chi connectivity index (χ4n) is 1.04. The number of rotatable bonds is 1. The van der Waals surface area contributed by atoms with Crippen LogP contribution in [0.1, 0.15) is 20.3 Å². The van der Waals surface area contributed by atoms with E-state index in [1.54, 1.807) is 13.8 Å². The Bertz CT molecular complexity index is 227. The summed E-state index contributed by atoms with van der Waals surface area (Å²) in [5.74, 6) is -0.734. The number of carbonyl (C=O) groups excluding carboxylic acids is 2. The van der Waals surface area contributed by atoms with E-state index in [9.17, 15) is 9.59 Å². The van der Waals surface area contributed by atoms with Crippen LogP contribution in [0.2, 0.25) is 0 Å². The maximum atomic E-state index is 11.1. The molecule has 0 spiro atoms. The van der Waals surface area contributed by atoms with Crippen LogP contribution in [0.15, 0.2) is 11.8 Å². The summed E-state index contributed by atoms with van der Waals surface area (Å²) in [7, 11) is 0. The van der Waals surface area contributed by atoms with Gasteiger partial charge in [-0.2, -0.15) is 0 Å². The molecule has 0 aromatic rings. The Hall–Kier alpha value is -1.12. The zero-order chi connectivity index (χ0) is 8.43. The van der Waals surface area contributed by atoms with E-state index in [2.05, 4.69) is 0 Å². The number of hydrogen-bond donors (Lipinski definition) is 0. The van der Waals surface area contributed by atoms with E-state index in [0.29, 0.717) is 12.2 Å². The van der Waals surface area contributed by atoms with Crippen molar-refractivity contribution in [2.24, 2.45) is 5.92 Å². The van der Waals surface area contributed by atoms with Gasteiger partial charge in [-0.25, -0.2) is 0 Å². The molecule has 1 aliphatic rings. The van der Waals surface area contributed by atoms with Gasteiger partial charge in [-0.05, 0) is 13.3 Å². The lowest BCUT2D eigenvalue weighted by Crippen LogP contribution is -2.28. The first-order valence-electron chi connectivity index (χ1n) is 3.59. The van der Waals surface area contributed by atoms with Crippen molar-refractivity contribution in [1.29, 1.82) is 0 Å². The van der Waals surface area contributed by atoms with Crippen LogP contribution in [0.4, 0.5) is 0 Å². The number of ketones is 1. The van der Waals surface area contributed by atoms with Gasteiger partial charge in [-0.1, -0.05) is 6.92 Å². The summed E-state index contributed by atoms with van der Waals surface area (Å²) in [4.78, 5) is 22.0. The lowest BCUT2D eigenvalue weighted by molar-refractivity contribution is -0.149. The number of esters is 1. The highest BCUT2D eigenvalue weighted by molar-refractivity contribution is 6.07. The molecule has 0 N–H and O–H groups in total. The van der Waals surface area contributed by atoms with Crippen molar-refractivity contribution in [2.75, 3.05) is 0 Å². The second kappa shape index (κ2) is 2.86. The van der Waals surface area contributed by atoms with Gasteiger partial charge in [0.05, 0.1) is 0 Å². The predicted molar refractivity (Wildman–Crippen MR) is 38.6 cm³/mol. The second-order valence-electron chi connectivity index (χ2n) is 2.54. The lowest BCUT2D eigenvalue weighted by atomic mass is 9.99. The second-order valence-corrected chi connectivity index (χ2v) is 2.54. The van der Waals surface area contributed by atoms with E-state index in [-0.39, 0.29) is 5.78 Å². The highest BCUT2D eigenvalue weighted by atomic mass is 16.5. The van der Waals surface area contributed by atoms with Gasteiger partial charge >= 0.3 is 5.97 Å². The fourth-order valence-corrected chi connectivity index (χ4v) is 1.04. The monoisotopic (exact) mass is 154 g/mol. The Morgan fingerprint density at radius 1 is 1.55 bits per heavy atom. The van der Waals surface area contributed by atoms with Crippen LogP contribution < -0.4 is 0 Å². The van der Waals surface area contributed by atoms with Gasteiger partial charge in [-0.15, -0.1) is 0 Å². The van der Waals surface area contributed by atoms with Crippen LogP contribution >= 0.6 is 0 Å². The summed E-state index contributed by atoms with van der Waals surface area (Å²) in [6.07, 6.45) is 1.89. The van der Waals surface area contributed by atoms with Crippen molar-refractivity contribution < 1.29 is 14.3 Å². The smallest absolute Gasteiger partial charge is 0.321 e. The Morgan fingerprint density at radius 3 is 2.64 bits per heavy atom. The van der Waals surface area contributed by atoms with Crippen molar-refractivity contribution in [3.05, 3.63) is 11.8 Å². The van der Waals surface area contributed by atoms with Gasteiger partial charge < -0.3 is 4.74 Å². The van der Waals surface area contributed by atoms with Crippen molar-refractivity contribution in [3.63, 3.8) is 0 Å². The summed E-state index contributed by atoms with van der Waals surface area (Å²) in [5.41, 5.74) is 0. The molecule has 0 saturated carbocycles. The van der Waals surface area contributed by atoms with Gasteiger partial charge in [-0.3, -0.25) is 9.59 Å². The van der Waals surface area contributed by atoms with E-state index < -0.39 is 11.9 Å². The summed E-state index contributed by atoms with van der Waals surface area (Å²) < 4.78 is 4.76. The molecule has 3 nitrogen and oxygen atoms in total. The van der Waals surface area contributed by atoms with Gasteiger partial charge in [0.1, 0.15) is 11.7 Å². The molecule has 0 fully saturated rings. The SMILES string of the molecule is CCC1C(=O)C=C(C)OC1=O. The average Bonchev–Trinajstić information content (AvgIpc) is 1.85. The van der Waals surface area contributed by atoms with E-state index >= 15 is 0 Å². The molecule has 0 saturated heterocycles. The third kappa shape index (κ3) is 1.48. The van der Waals surface area contributed by atoms with Crippen LogP contribution in [0.3, 0.4) is 0 Å². The highest BCUT2D eigenvalue weighted by Gasteiger charge is 2.29. The van der Waals surface area contributed by atoms with Crippen molar-refractivity contribution in [2.45, 2.75) is 20.3 Å². The molecular formula is C8H10O3. The summed E-state index contributed by atoms with van der Waals surface area (Å²) in [5, 5.41) is 0. The third-order valence-corrected chi connectivity index (χ3v) is 1.64. The lowest BCUT2D eigenvalue weighted by Gasteiger charge is -2.15. The zero-order valence-corrected chi connectivity index (χ0v) is 6.59. The minimum Gasteiger partial charge on any atom is -0.431 e. The summed E-state index contributed by atoms with van der Waals surface area (Å²) in [6, 6.07) is 0. The van der Waals surface area contributed by atoms with Crippen LogP contribution in [0.25, 0.3) is 0 Å². The van der Waals surface area contributed by atoms with Gasteiger partial charge in [0.25, 0.3) is 0 Å². The molecule has 1 atom stereocenters. The first-order valence-corrected chi connectivity index (χ1v) is 3.59. The van der Waals surface area contributed by atoms with Crippen LogP contribution in [0.5, 0.6) is 0 Å². The Morgan fingerprint density at radius 2 is 2.18 bits per heavy atom. The molecule has 1 unspecified atom stereocenters. The highest BCUT2D eigenvalue weighted by Crippen LogP contribution is 2.16. The average molecular weight is 154 g/mol. The third-order valence-electron chi connectivity index (χ3n) is 1.64.